The molecule has 1 aliphatic rings. The van der Waals surface area contributed by atoms with Crippen LogP contribution in [0.15, 0.2) is 47.4 Å². The van der Waals surface area contributed by atoms with E-state index in [1.165, 1.54) is 21.6 Å². The lowest BCUT2D eigenvalue weighted by Gasteiger charge is -2.13. The molecule has 2 aromatic rings. The average Bonchev–Trinajstić information content (AvgIpc) is 3.04. The summed E-state index contributed by atoms with van der Waals surface area (Å²) in [5.74, 6) is 4.68. The quantitative estimate of drug-likeness (QED) is 0.603. The molecule has 2 nitrogen and oxygen atoms in total. The number of ether oxygens (including phenoxy) is 1. The van der Waals surface area contributed by atoms with Crippen molar-refractivity contribution in [2.75, 3.05) is 19.4 Å². The first-order valence-electron chi connectivity index (χ1n) is 8.36. The third-order valence-corrected chi connectivity index (χ3v) is 5.59. The molecule has 1 N–H and O–H groups in total. The third-order valence-electron chi connectivity index (χ3n) is 4.49. The molecular weight excluding hydrogens is 314 g/mol. The van der Waals surface area contributed by atoms with Crippen molar-refractivity contribution in [1.29, 1.82) is 0 Å². The lowest BCUT2D eigenvalue weighted by atomic mass is 10.1. The van der Waals surface area contributed by atoms with E-state index in [1.54, 1.807) is 7.11 Å². The Morgan fingerprint density at radius 3 is 2.83 bits per heavy atom. The maximum Gasteiger partial charge on any atom is 0.118 e. The summed E-state index contributed by atoms with van der Waals surface area (Å²) in [6, 6.07) is 15.4. The summed E-state index contributed by atoms with van der Waals surface area (Å²) in [4.78, 5) is 1.42. The van der Waals surface area contributed by atoms with Gasteiger partial charge in [-0.25, -0.2) is 0 Å². The number of terminal acetylenes is 1. The van der Waals surface area contributed by atoms with Crippen molar-refractivity contribution >= 4 is 11.8 Å². The molecule has 1 unspecified atom stereocenters. The minimum absolute atomic E-state index is 0.415. The first-order valence-corrected chi connectivity index (χ1v) is 9.34. The molecule has 124 valence electrons. The van der Waals surface area contributed by atoms with Gasteiger partial charge in [0.2, 0.25) is 0 Å². The summed E-state index contributed by atoms with van der Waals surface area (Å²) in [5, 5.41) is 3.45. The summed E-state index contributed by atoms with van der Waals surface area (Å²) in [6.07, 6.45) is 8.73. The number of fused-ring (bicyclic) bond motifs is 1. The van der Waals surface area contributed by atoms with Crippen LogP contribution in [0.5, 0.6) is 5.75 Å². The number of aryl methyl sites for hydroxylation is 1. The summed E-state index contributed by atoms with van der Waals surface area (Å²) < 4.78 is 5.21. The van der Waals surface area contributed by atoms with Gasteiger partial charge in [0.15, 0.2) is 0 Å². The highest BCUT2D eigenvalue weighted by atomic mass is 32.2. The molecule has 0 spiro atoms. The molecule has 0 aromatic heterocycles. The monoisotopic (exact) mass is 337 g/mol. The van der Waals surface area contributed by atoms with Crippen LogP contribution in [-0.2, 0) is 12.8 Å². The predicted octanol–water partition coefficient (Wildman–Crippen LogP) is 4.24. The largest absolute Gasteiger partial charge is 0.497 e. The summed E-state index contributed by atoms with van der Waals surface area (Å²) >= 11 is 1.96. The topological polar surface area (TPSA) is 21.3 Å². The highest BCUT2D eigenvalue weighted by molar-refractivity contribution is 7.99. The van der Waals surface area contributed by atoms with E-state index in [9.17, 15) is 0 Å². The van der Waals surface area contributed by atoms with E-state index >= 15 is 0 Å². The zero-order valence-electron chi connectivity index (χ0n) is 14.0. The van der Waals surface area contributed by atoms with Crippen molar-refractivity contribution in [2.24, 2.45) is 0 Å². The lowest BCUT2D eigenvalue weighted by Crippen LogP contribution is -2.19. The fourth-order valence-electron chi connectivity index (χ4n) is 3.22. The predicted molar refractivity (Wildman–Crippen MR) is 102 cm³/mol. The van der Waals surface area contributed by atoms with Crippen molar-refractivity contribution < 1.29 is 4.74 Å². The SMILES string of the molecule is C#CCNC1CCc2c(SCCc3ccc(OC)cc3)cccc21. The van der Waals surface area contributed by atoms with E-state index in [-0.39, 0.29) is 0 Å². The van der Waals surface area contributed by atoms with E-state index < -0.39 is 0 Å². The van der Waals surface area contributed by atoms with Gasteiger partial charge < -0.3 is 4.74 Å². The van der Waals surface area contributed by atoms with Gasteiger partial charge >= 0.3 is 0 Å². The first kappa shape index (κ1) is 17.0. The maximum atomic E-state index is 5.37. The van der Waals surface area contributed by atoms with Gasteiger partial charge in [-0.3, -0.25) is 5.32 Å². The summed E-state index contributed by atoms with van der Waals surface area (Å²) in [7, 11) is 1.70. The molecule has 0 amide bonds. The Balaban J connectivity index is 1.60. The van der Waals surface area contributed by atoms with E-state index in [1.807, 2.05) is 23.9 Å². The molecule has 1 atom stereocenters. The van der Waals surface area contributed by atoms with Crippen LogP contribution in [0.4, 0.5) is 0 Å². The Hall–Kier alpha value is -1.89. The number of hydrogen-bond acceptors (Lipinski definition) is 3. The molecule has 0 bridgehead atoms. The number of methoxy groups -OCH3 is 1. The molecule has 0 heterocycles. The van der Waals surface area contributed by atoms with Crippen molar-refractivity contribution in [2.45, 2.75) is 30.2 Å². The van der Waals surface area contributed by atoms with Crippen molar-refractivity contribution in [1.82, 2.24) is 5.32 Å². The van der Waals surface area contributed by atoms with Gasteiger partial charge in [0.25, 0.3) is 0 Å². The van der Waals surface area contributed by atoms with Gasteiger partial charge in [0.05, 0.1) is 13.7 Å². The van der Waals surface area contributed by atoms with Gasteiger partial charge in [-0.1, -0.05) is 30.2 Å². The molecule has 0 saturated carbocycles. The van der Waals surface area contributed by atoms with Gasteiger partial charge in [0, 0.05) is 16.7 Å². The van der Waals surface area contributed by atoms with Crippen LogP contribution in [0.3, 0.4) is 0 Å². The summed E-state index contributed by atoms with van der Waals surface area (Å²) in [5.41, 5.74) is 4.29. The molecule has 2 aromatic carbocycles. The second-order valence-corrected chi connectivity index (χ2v) is 7.08. The van der Waals surface area contributed by atoms with Gasteiger partial charge in [-0.15, -0.1) is 18.2 Å². The first-order chi connectivity index (χ1) is 11.8. The molecule has 24 heavy (non-hydrogen) atoms. The average molecular weight is 337 g/mol. The fraction of sp³-hybridized carbons (Fsp3) is 0.333. The number of nitrogens with one attached hydrogen (secondary N) is 1. The van der Waals surface area contributed by atoms with Crippen LogP contribution in [0.1, 0.15) is 29.2 Å². The molecule has 1 aliphatic carbocycles. The third kappa shape index (κ3) is 3.95. The Labute approximate surface area is 149 Å². The van der Waals surface area contributed by atoms with E-state index in [0.29, 0.717) is 12.6 Å². The second-order valence-electron chi connectivity index (χ2n) is 5.95. The second kappa shape index (κ2) is 8.28. The van der Waals surface area contributed by atoms with Crippen molar-refractivity contribution in [3.63, 3.8) is 0 Å². The molecule has 3 rings (SSSR count). The van der Waals surface area contributed by atoms with E-state index in [2.05, 4.69) is 41.6 Å². The lowest BCUT2D eigenvalue weighted by molar-refractivity contribution is 0.414. The van der Waals surface area contributed by atoms with Gasteiger partial charge in [0.1, 0.15) is 5.75 Å². The highest BCUT2D eigenvalue weighted by Gasteiger charge is 2.23. The zero-order chi connectivity index (χ0) is 16.8. The van der Waals surface area contributed by atoms with Gasteiger partial charge in [-0.05, 0) is 54.2 Å². The van der Waals surface area contributed by atoms with Crippen LogP contribution in [0.25, 0.3) is 0 Å². The number of hydrogen-bond donors (Lipinski definition) is 1. The van der Waals surface area contributed by atoms with Crippen LogP contribution in [0.2, 0.25) is 0 Å². The van der Waals surface area contributed by atoms with Crippen molar-refractivity contribution in [3.8, 4) is 18.1 Å². The maximum absolute atomic E-state index is 5.37. The minimum atomic E-state index is 0.415. The number of benzene rings is 2. The smallest absolute Gasteiger partial charge is 0.118 e. The Morgan fingerprint density at radius 2 is 2.08 bits per heavy atom. The Morgan fingerprint density at radius 1 is 1.25 bits per heavy atom. The van der Waals surface area contributed by atoms with E-state index in [0.717, 1.165) is 30.8 Å². The van der Waals surface area contributed by atoms with Crippen LogP contribution < -0.4 is 10.1 Å². The standard InChI is InChI=1S/C21H23NOS/c1-3-14-22-20-12-11-19-18(20)5-4-6-21(19)24-15-13-16-7-9-17(23-2)10-8-16/h1,4-10,20,22H,11-15H2,2H3. The van der Waals surface area contributed by atoms with Crippen molar-refractivity contribution in [3.05, 3.63) is 59.2 Å². The Kier molecular flexibility index (Phi) is 5.85. The molecule has 0 radical (unpaired) electrons. The molecular formula is C21H23NOS. The van der Waals surface area contributed by atoms with Crippen LogP contribution >= 0.6 is 11.8 Å². The zero-order valence-corrected chi connectivity index (χ0v) is 14.9. The fourth-order valence-corrected chi connectivity index (χ4v) is 4.35. The minimum Gasteiger partial charge on any atom is -0.497 e. The van der Waals surface area contributed by atoms with Crippen LogP contribution in [0, 0.1) is 12.3 Å². The van der Waals surface area contributed by atoms with Crippen LogP contribution in [-0.4, -0.2) is 19.4 Å². The normalized spacial score (nSPS) is 15.8. The van der Waals surface area contributed by atoms with E-state index in [4.69, 9.17) is 11.2 Å². The molecule has 0 saturated heterocycles. The van der Waals surface area contributed by atoms with Gasteiger partial charge in [-0.2, -0.15) is 0 Å². The number of thioether (sulfide) groups is 1. The number of rotatable bonds is 7. The molecule has 0 aliphatic heterocycles. The Bertz CT molecular complexity index is 718. The summed E-state index contributed by atoms with van der Waals surface area (Å²) in [6.45, 7) is 0.638. The molecule has 0 fully saturated rings. The molecule has 3 heteroatoms. The highest BCUT2D eigenvalue weighted by Crippen LogP contribution is 2.37.